The van der Waals surface area contributed by atoms with Crippen LogP contribution in [0.5, 0.6) is 0 Å². The van der Waals surface area contributed by atoms with Crippen LogP contribution in [0.15, 0.2) is 41.3 Å². The Labute approximate surface area is 86.6 Å². The predicted molar refractivity (Wildman–Crippen MR) is 55.9 cm³/mol. The maximum absolute atomic E-state index is 12.6. The average molecular weight is 202 g/mol. The monoisotopic (exact) mass is 202 g/mol. The van der Waals surface area contributed by atoms with Gasteiger partial charge in [-0.25, -0.2) is 4.39 Å². The summed E-state index contributed by atoms with van der Waals surface area (Å²) in [6.45, 7) is 0. The van der Waals surface area contributed by atoms with E-state index in [2.05, 4.69) is 6.07 Å². The fourth-order valence-electron chi connectivity index (χ4n) is 1.39. The van der Waals surface area contributed by atoms with Gasteiger partial charge in [0.05, 0.1) is 0 Å². The van der Waals surface area contributed by atoms with Crippen molar-refractivity contribution in [3.63, 3.8) is 0 Å². The Morgan fingerprint density at radius 2 is 2.13 bits per heavy atom. The molecule has 1 radical (unpaired) electrons. The van der Waals surface area contributed by atoms with Crippen molar-refractivity contribution in [1.29, 1.82) is 0 Å². The molecule has 0 unspecified atom stereocenters. The molecule has 0 aliphatic carbocycles. The highest BCUT2D eigenvalue weighted by Gasteiger charge is 2.03. The smallest absolute Gasteiger partial charge is 0.258 e. The summed E-state index contributed by atoms with van der Waals surface area (Å²) in [6, 6.07) is 10.3. The van der Waals surface area contributed by atoms with E-state index in [4.69, 9.17) is 0 Å². The lowest BCUT2D eigenvalue weighted by molar-refractivity contribution is 0.626. The molecule has 2 rings (SSSR count). The van der Waals surface area contributed by atoms with Crippen molar-refractivity contribution in [2.24, 2.45) is 7.05 Å². The topological polar surface area (TPSA) is 22.0 Å². The van der Waals surface area contributed by atoms with Crippen LogP contribution < -0.4 is 5.56 Å². The molecule has 1 heterocycles. The SMILES string of the molecule is Cn1cccc(-c2c[c]c(F)cc2)c1=O. The second kappa shape index (κ2) is 3.69. The first-order valence-corrected chi connectivity index (χ1v) is 4.52. The molecule has 1 aromatic carbocycles. The van der Waals surface area contributed by atoms with Crippen molar-refractivity contribution in [3.05, 3.63) is 58.8 Å². The van der Waals surface area contributed by atoms with Crippen LogP contribution in [-0.2, 0) is 7.05 Å². The maximum Gasteiger partial charge on any atom is 0.258 e. The van der Waals surface area contributed by atoms with Crippen molar-refractivity contribution in [1.82, 2.24) is 4.57 Å². The van der Waals surface area contributed by atoms with Crippen LogP contribution in [0.1, 0.15) is 0 Å². The fourth-order valence-corrected chi connectivity index (χ4v) is 1.39. The molecule has 0 saturated heterocycles. The number of pyridine rings is 1. The minimum Gasteiger partial charge on any atom is -0.318 e. The van der Waals surface area contributed by atoms with Crippen LogP contribution in [0.4, 0.5) is 4.39 Å². The van der Waals surface area contributed by atoms with Crippen LogP contribution in [-0.4, -0.2) is 4.57 Å². The van der Waals surface area contributed by atoms with E-state index in [9.17, 15) is 9.18 Å². The number of aromatic nitrogens is 1. The van der Waals surface area contributed by atoms with E-state index in [-0.39, 0.29) is 5.56 Å². The third kappa shape index (κ3) is 1.81. The highest BCUT2D eigenvalue weighted by molar-refractivity contribution is 5.61. The molecule has 0 bridgehead atoms. The van der Waals surface area contributed by atoms with Crippen LogP contribution >= 0.6 is 0 Å². The van der Waals surface area contributed by atoms with Gasteiger partial charge in [-0.15, -0.1) is 0 Å². The van der Waals surface area contributed by atoms with Crippen molar-refractivity contribution in [2.75, 3.05) is 0 Å². The van der Waals surface area contributed by atoms with Gasteiger partial charge in [0.25, 0.3) is 5.56 Å². The molecule has 3 heteroatoms. The first-order chi connectivity index (χ1) is 7.18. The number of hydrogen-bond acceptors (Lipinski definition) is 1. The minimum absolute atomic E-state index is 0.0995. The zero-order valence-corrected chi connectivity index (χ0v) is 8.20. The van der Waals surface area contributed by atoms with E-state index in [0.717, 1.165) is 0 Å². The Morgan fingerprint density at radius 1 is 1.33 bits per heavy atom. The Kier molecular flexibility index (Phi) is 2.37. The van der Waals surface area contributed by atoms with E-state index < -0.39 is 5.82 Å². The number of halogens is 1. The minimum atomic E-state index is -0.425. The lowest BCUT2D eigenvalue weighted by Gasteiger charge is -2.02. The van der Waals surface area contributed by atoms with Crippen molar-refractivity contribution in [3.8, 4) is 11.1 Å². The number of aryl methyl sites for hydroxylation is 1. The molecule has 0 aliphatic heterocycles. The van der Waals surface area contributed by atoms with E-state index in [1.165, 1.54) is 16.7 Å². The van der Waals surface area contributed by atoms with Crippen molar-refractivity contribution < 1.29 is 4.39 Å². The third-order valence-corrected chi connectivity index (χ3v) is 2.21. The highest BCUT2D eigenvalue weighted by Crippen LogP contribution is 2.14. The number of nitrogens with zero attached hydrogens (tertiary/aromatic N) is 1. The Morgan fingerprint density at radius 3 is 2.80 bits per heavy atom. The Bertz CT molecular complexity index is 528. The average Bonchev–Trinajstić information content (AvgIpc) is 2.24. The molecule has 0 aliphatic rings. The molecule has 1 aromatic heterocycles. The standard InChI is InChI=1S/C12H9FNO/c1-14-8-2-3-11(12(14)15)9-4-6-10(13)7-5-9/h2-6,8H,1H3. The van der Waals surface area contributed by atoms with E-state index in [0.29, 0.717) is 11.1 Å². The maximum atomic E-state index is 12.6. The molecule has 15 heavy (non-hydrogen) atoms. The van der Waals surface area contributed by atoms with Gasteiger partial charge in [0.2, 0.25) is 0 Å². The third-order valence-electron chi connectivity index (χ3n) is 2.21. The van der Waals surface area contributed by atoms with E-state index >= 15 is 0 Å². The zero-order valence-electron chi connectivity index (χ0n) is 8.20. The summed E-state index contributed by atoms with van der Waals surface area (Å²) < 4.78 is 14.1. The van der Waals surface area contributed by atoms with Gasteiger partial charge in [0.15, 0.2) is 0 Å². The van der Waals surface area contributed by atoms with Gasteiger partial charge >= 0.3 is 0 Å². The normalized spacial score (nSPS) is 10.3. The number of rotatable bonds is 1. The van der Waals surface area contributed by atoms with Crippen molar-refractivity contribution >= 4 is 0 Å². The second-order valence-corrected chi connectivity index (χ2v) is 3.26. The lowest BCUT2D eigenvalue weighted by atomic mass is 10.1. The zero-order chi connectivity index (χ0) is 10.8. The number of benzene rings is 1. The van der Waals surface area contributed by atoms with Gasteiger partial charge in [0, 0.05) is 24.9 Å². The molecule has 2 aromatic rings. The molecular formula is C12H9FNO. The summed E-state index contributed by atoms with van der Waals surface area (Å²) in [5, 5.41) is 0. The second-order valence-electron chi connectivity index (χ2n) is 3.26. The van der Waals surface area contributed by atoms with E-state index in [1.54, 1.807) is 31.4 Å². The molecule has 0 fully saturated rings. The molecule has 2 nitrogen and oxygen atoms in total. The van der Waals surface area contributed by atoms with Gasteiger partial charge in [-0.1, -0.05) is 6.07 Å². The summed E-state index contributed by atoms with van der Waals surface area (Å²) >= 11 is 0. The van der Waals surface area contributed by atoms with Gasteiger partial charge < -0.3 is 4.57 Å². The summed E-state index contributed by atoms with van der Waals surface area (Å²) in [5.74, 6) is -0.425. The van der Waals surface area contributed by atoms with Gasteiger partial charge in [-0.2, -0.15) is 0 Å². The molecule has 0 atom stereocenters. The molecule has 0 amide bonds. The first kappa shape index (κ1) is 9.65. The highest BCUT2D eigenvalue weighted by atomic mass is 19.1. The Hall–Kier alpha value is -1.90. The summed E-state index contributed by atoms with van der Waals surface area (Å²) in [7, 11) is 1.68. The quantitative estimate of drug-likeness (QED) is 0.693. The van der Waals surface area contributed by atoms with Gasteiger partial charge in [-0.05, 0) is 29.8 Å². The molecule has 0 spiro atoms. The largest absolute Gasteiger partial charge is 0.318 e. The van der Waals surface area contributed by atoms with Crippen molar-refractivity contribution in [2.45, 2.75) is 0 Å². The summed E-state index contributed by atoms with van der Waals surface area (Å²) in [4.78, 5) is 11.7. The first-order valence-electron chi connectivity index (χ1n) is 4.52. The number of hydrogen-bond donors (Lipinski definition) is 0. The predicted octanol–water partition coefficient (Wildman–Crippen LogP) is 1.99. The summed E-state index contributed by atoms with van der Waals surface area (Å²) in [5.41, 5.74) is 1.13. The van der Waals surface area contributed by atoms with Gasteiger partial charge in [-0.3, -0.25) is 4.79 Å². The van der Waals surface area contributed by atoms with Crippen LogP contribution in [0.2, 0.25) is 0 Å². The lowest BCUT2D eigenvalue weighted by Crippen LogP contribution is -2.17. The molecular weight excluding hydrogens is 193 g/mol. The Balaban J connectivity index is 2.59. The van der Waals surface area contributed by atoms with Crippen LogP contribution in [0.3, 0.4) is 0 Å². The van der Waals surface area contributed by atoms with Crippen LogP contribution in [0, 0.1) is 11.9 Å². The molecule has 0 N–H and O–H groups in total. The molecule has 0 saturated carbocycles. The van der Waals surface area contributed by atoms with Crippen LogP contribution in [0.25, 0.3) is 11.1 Å². The fraction of sp³-hybridized carbons (Fsp3) is 0.0833. The summed E-state index contributed by atoms with van der Waals surface area (Å²) in [6.07, 6.45) is 1.68. The van der Waals surface area contributed by atoms with E-state index in [1.807, 2.05) is 0 Å². The van der Waals surface area contributed by atoms with Gasteiger partial charge in [0.1, 0.15) is 5.82 Å². The molecule has 75 valence electrons.